The summed E-state index contributed by atoms with van der Waals surface area (Å²) in [5, 5.41) is 10.2. The fourth-order valence-corrected chi connectivity index (χ4v) is 4.32. The number of imidazole rings is 1. The van der Waals surface area contributed by atoms with Crippen molar-refractivity contribution in [2.45, 2.75) is 17.5 Å². The smallest absolute Gasteiger partial charge is 0.262 e. The Morgan fingerprint density at radius 3 is 2.66 bits per heavy atom. The molecule has 0 unspecified atom stereocenters. The Balaban J connectivity index is 1.49. The van der Waals surface area contributed by atoms with Gasteiger partial charge in [-0.25, -0.2) is 4.98 Å². The molecule has 3 heterocycles. The van der Waals surface area contributed by atoms with Crippen LogP contribution in [-0.2, 0) is 19.3 Å². The van der Waals surface area contributed by atoms with Crippen LogP contribution in [0.5, 0.6) is 0 Å². The summed E-state index contributed by atoms with van der Waals surface area (Å²) in [6.45, 7) is 0.765. The van der Waals surface area contributed by atoms with Crippen molar-refractivity contribution in [1.29, 1.82) is 0 Å². The van der Waals surface area contributed by atoms with E-state index in [9.17, 15) is 4.79 Å². The van der Waals surface area contributed by atoms with Crippen LogP contribution in [0.1, 0.15) is 11.4 Å². The van der Waals surface area contributed by atoms with Gasteiger partial charge < -0.3 is 4.57 Å². The molecule has 3 aromatic heterocycles. The zero-order chi connectivity index (χ0) is 19.8. The first-order valence-corrected chi connectivity index (χ1v) is 10.2. The SMILES string of the molecule is Cn1c(=O)c2ccccc2n2c(CSc3nccn3Cc3ccccc3)nnc12. The molecule has 5 rings (SSSR count). The predicted molar refractivity (Wildman–Crippen MR) is 113 cm³/mol. The third kappa shape index (κ3) is 3.11. The topological polar surface area (TPSA) is 70.0 Å². The van der Waals surface area contributed by atoms with Crippen LogP contribution in [0, 0.1) is 0 Å². The van der Waals surface area contributed by atoms with Crippen molar-refractivity contribution in [2.24, 2.45) is 7.05 Å². The molecule has 0 atom stereocenters. The Bertz CT molecular complexity index is 1370. The number of fused-ring (bicyclic) bond motifs is 3. The number of hydrogen-bond acceptors (Lipinski definition) is 5. The third-order valence-corrected chi connectivity index (χ3v) is 5.90. The van der Waals surface area contributed by atoms with Gasteiger partial charge in [0, 0.05) is 26.0 Å². The Morgan fingerprint density at radius 1 is 1.00 bits per heavy atom. The van der Waals surface area contributed by atoms with Crippen LogP contribution in [0.3, 0.4) is 0 Å². The highest BCUT2D eigenvalue weighted by molar-refractivity contribution is 7.98. The molecular formula is C21H18N6OS. The molecule has 0 N–H and O–H groups in total. The minimum atomic E-state index is -0.0712. The van der Waals surface area contributed by atoms with Gasteiger partial charge in [-0.05, 0) is 17.7 Å². The van der Waals surface area contributed by atoms with Crippen LogP contribution in [0.2, 0.25) is 0 Å². The summed E-state index contributed by atoms with van der Waals surface area (Å²) >= 11 is 1.61. The van der Waals surface area contributed by atoms with Gasteiger partial charge in [0.1, 0.15) is 5.82 Å². The molecule has 2 aromatic carbocycles. The number of thioether (sulfide) groups is 1. The summed E-state index contributed by atoms with van der Waals surface area (Å²) in [6, 6.07) is 17.9. The Morgan fingerprint density at radius 2 is 1.79 bits per heavy atom. The van der Waals surface area contributed by atoms with Gasteiger partial charge in [0.15, 0.2) is 5.16 Å². The van der Waals surface area contributed by atoms with Gasteiger partial charge >= 0.3 is 0 Å². The molecule has 0 fully saturated rings. The number of nitrogens with zero attached hydrogens (tertiary/aromatic N) is 6. The fraction of sp³-hybridized carbons (Fsp3) is 0.143. The van der Waals surface area contributed by atoms with Crippen molar-refractivity contribution in [1.82, 2.24) is 28.7 Å². The first-order chi connectivity index (χ1) is 14.2. The average molecular weight is 402 g/mol. The van der Waals surface area contributed by atoms with E-state index >= 15 is 0 Å². The molecule has 29 heavy (non-hydrogen) atoms. The van der Waals surface area contributed by atoms with E-state index in [0.29, 0.717) is 16.9 Å². The molecule has 0 amide bonds. The van der Waals surface area contributed by atoms with Gasteiger partial charge in [0.25, 0.3) is 5.56 Å². The van der Waals surface area contributed by atoms with E-state index in [-0.39, 0.29) is 5.56 Å². The van der Waals surface area contributed by atoms with Gasteiger partial charge in [-0.3, -0.25) is 13.8 Å². The number of hydrogen-bond donors (Lipinski definition) is 0. The normalized spacial score (nSPS) is 11.5. The molecule has 0 bridgehead atoms. The average Bonchev–Trinajstić information content (AvgIpc) is 3.38. The van der Waals surface area contributed by atoms with Crippen LogP contribution in [-0.4, -0.2) is 28.7 Å². The van der Waals surface area contributed by atoms with Crippen molar-refractivity contribution in [3.8, 4) is 0 Å². The Labute approximate surface area is 170 Å². The van der Waals surface area contributed by atoms with Crippen molar-refractivity contribution >= 4 is 28.4 Å². The Hall–Kier alpha value is -3.39. The molecule has 0 saturated carbocycles. The molecule has 0 aliphatic rings. The summed E-state index contributed by atoms with van der Waals surface area (Å²) < 4.78 is 5.62. The number of benzene rings is 2. The largest absolute Gasteiger partial charge is 0.322 e. The van der Waals surface area contributed by atoms with E-state index in [0.717, 1.165) is 23.0 Å². The zero-order valence-corrected chi connectivity index (χ0v) is 16.6. The van der Waals surface area contributed by atoms with E-state index in [1.165, 1.54) is 5.56 Å². The van der Waals surface area contributed by atoms with E-state index in [1.54, 1.807) is 23.4 Å². The van der Waals surface area contributed by atoms with Gasteiger partial charge in [-0.2, -0.15) is 0 Å². The van der Waals surface area contributed by atoms with E-state index in [2.05, 4.69) is 31.9 Å². The van der Waals surface area contributed by atoms with Crippen LogP contribution in [0.4, 0.5) is 0 Å². The zero-order valence-electron chi connectivity index (χ0n) is 15.8. The highest BCUT2D eigenvalue weighted by Gasteiger charge is 2.15. The molecule has 0 aliphatic heterocycles. The molecule has 0 spiro atoms. The van der Waals surface area contributed by atoms with Crippen LogP contribution in [0.15, 0.2) is 76.9 Å². The molecule has 0 radical (unpaired) electrons. The van der Waals surface area contributed by atoms with Crippen LogP contribution in [0.25, 0.3) is 16.7 Å². The second kappa shape index (κ2) is 7.21. The molecule has 144 valence electrons. The van der Waals surface area contributed by atoms with Gasteiger partial charge in [-0.1, -0.05) is 54.2 Å². The maximum Gasteiger partial charge on any atom is 0.262 e. The second-order valence-electron chi connectivity index (χ2n) is 6.74. The maximum absolute atomic E-state index is 12.6. The summed E-state index contributed by atoms with van der Waals surface area (Å²) in [6.07, 6.45) is 3.79. The summed E-state index contributed by atoms with van der Waals surface area (Å²) in [5.74, 6) is 1.91. The van der Waals surface area contributed by atoms with Crippen molar-refractivity contribution in [2.75, 3.05) is 0 Å². The molecular weight excluding hydrogens is 384 g/mol. The van der Waals surface area contributed by atoms with Crippen LogP contribution >= 0.6 is 11.8 Å². The lowest BCUT2D eigenvalue weighted by atomic mass is 10.2. The quantitative estimate of drug-likeness (QED) is 0.423. The van der Waals surface area contributed by atoms with E-state index in [4.69, 9.17) is 0 Å². The molecule has 8 heteroatoms. The predicted octanol–water partition coefficient (Wildman–Crippen LogP) is 3.12. The summed E-state index contributed by atoms with van der Waals surface area (Å²) in [7, 11) is 1.72. The van der Waals surface area contributed by atoms with E-state index < -0.39 is 0 Å². The third-order valence-electron chi connectivity index (χ3n) is 4.90. The number of aromatic nitrogens is 6. The van der Waals surface area contributed by atoms with Gasteiger partial charge in [0.05, 0.1) is 16.7 Å². The highest BCUT2D eigenvalue weighted by atomic mass is 32.2. The molecule has 7 nitrogen and oxygen atoms in total. The lowest BCUT2D eigenvalue weighted by molar-refractivity contribution is 0.708. The number of rotatable bonds is 5. The van der Waals surface area contributed by atoms with Gasteiger partial charge in [0.2, 0.25) is 5.78 Å². The van der Waals surface area contributed by atoms with E-state index in [1.807, 2.05) is 59.3 Å². The van der Waals surface area contributed by atoms with Crippen molar-refractivity contribution < 1.29 is 0 Å². The molecule has 0 aliphatic carbocycles. The number of para-hydroxylation sites is 1. The first kappa shape index (κ1) is 17.7. The summed E-state index contributed by atoms with van der Waals surface area (Å²) in [4.78, 5) is 17.1. The van der Waals surface area contributed by atoms with Gasteiger partial charge in [-0.15, -0.1) is 10.2 Å². The lowest BCUT2D eigenvalue weighted by Gasteiger charge is -2.09. The monoisotopic (exact) mass is 402 g/mol. The van der Waals surface area contributed by atoms with Crippen molar-refractivity contribution in [3.63, 3.8) is 0 Å². The first-order valence-electron chi connectivity index (χ1n) is 9.22. The molecule has 5 aromatic rings. The second-order valence-corrected chi connectivity index (χ2v) is 7.69. The number of aryl methyl sites for hydroxylation is 1. The standard InChI is InChI=1S/C21H18N6OS/c1-25-19(28)16-9-5-6-10-17(16)27-18(23-24-20(25)27)14-29-21-22-11-12-26(21)13-15-7-3-2-4-8-15/h2-12H,13-14H2,1H3. The maximum atomic E-state index is 12.6. The lowest BCUT2D eigenvalue weighted by Crippen LogP contribution is -2.20. The minimum Gasteiger partial charge on any atom is -0.322 e. The molecule has 0 saturated heterocycles. The highest BCUT2D eigenvalue weighted by Crippen LogP contribution is 2.23. The minimum absolute atomic E-state index is 0.0712. The Kier molecular flexibility index (Phi) is 4.40. The summed E-state index contributed by atoms with van der Waals surface area (Å²) in [5.41, 5.74) is 1.97. The fourth-order valence-electron chi connectivity index (χ4n) is 3.45. The van der Waals surface area contributed by atoms with Crippen molar-refractivity contribution in [3.05, 3.63) is 88.7 Å². The van der Waals surface area contributed by atoms with Crippen LogP contribution < -0.4 is 5.56 Å².